The topological polar surface area (TPSA) is 0 Å². The molecule has 0 heterocycles. The monoisotopic (exact) mass is 634 g/mol. The lowest BCUT2D eigenvalue weighted by Crippen LogP contribution is -2.28. The summed E-state index contributed by atoms with van der Waals surface area (Å²) in [5.41, 5.74) is 18.2. The summed E-state index contributed by atoms with van der Waals surface area (Å²) < 4.78 is 0. The van der Waals surface area contributed by atoms with Gasteiger partial charge in [0.1, 0.15) is 0 Å². The summed E-state index contributed by atoms with van der Waals surface area (Å²) in [6.07, 6.45) is 15.5. The fourth-order valence-electron chi connectivity index (χ4n) is 9.96. The Morgan fingerprint density at radius 2 is 1.30 bits per heavy atom. The SMILES string of the molecule is C=C1/C=C\C=C/CC2(c3ccccc3-c3ccc(C4CC=Cc5ccc6ccccc6c54)cc32)c2cc3c4c(cccc4c21)-c1ccccc1-3. The smallest absolute Gasteiger partial charge is 0.0504 e. The molecule has 2 unspecified atom stereocenters. The van der Waals surface area contributed by atoms with Crippen molar-refractivity contribution in [2.24, 2.45) is 0 Å². The molecule has 0 aliphatic heterocycles. The molecule has 0 N–H and O–H groups in total. The molecule has 2 atom stereocenters. The molecule has 234 valence electrons. The molecule has 0 fully saturated rings. The second kappa shape index (κ2) is 10.3. The van der Waals surface area contributed by atoms with Crippen LogP contribution in [0.3, 0.4) is 0 Å². The zero-order valence-electron chi connectivity index (χ0n) is 27.8. The zero-order chi connectivity index (χ0) is 33.0. The van der Waals surface area contributed by atoms with Crippen LogP contribution < -0.4 is 0 Å². The van der Waals surface area contributed by atoms with Gasteiger partial charge in [0.05, 0.1) is 5.41 Å². The van der Waals surface area contributed by atoms with Crippen molar-refractivity contribution in [3.63, 3.8) is 0 Å². The highest BCUT2D eigenvalue weighted by Gasteiger charge is 2.46. The summed E-state index contributed by atoms with van der Waals surface area (Å²) in [6, 6.07) is 48.4. The van der Waals surface area contributed by atoms with E-state index in [0.717, 1.165) is 18.4 Å². The Labute approximate surface area is 293 Å². The minimum atomic E-state index is -0.396. The molecular formula is C50H34. The maximum atomic E-state index is 4.76. The molecule has 7 aromatic carbocycles. The molecule has 0 saturated carbocycles. The van der Waals surface area contributed by atoms with Crippen LogP contribution in [0.15, 0.2) is 164 Å². The number of benzene rings is 7. The lowest BCUT2D eigenvalue weighted by atomic mass is 9.66. The second-order valence-corrected chi connectivity index (χ2v) is 14.4. The molecule has 0 saturated heterocycles. The van der Waals surface area contributed by atoms with Gasteiger partial charge in [-0.05, 0) is 118 Å². The zero-order valence-corrected chi connectivity index (χ0v) is 27.8. The highest BCUT2D eigenvalue weighted by atomic mass is 14.5. The minimum absolute atomic E-state index is 0.277. The molecule has 7 aromatic rings. The molecule has 0 bridgehead atoms. The summed E-state index contributed by atoms with van der Waals surface area (Å²) in [7, 11) is 0. The average Bonchev–Trinajstić information content (AvgIpc) is 3.66. The quantitative estimate of drug-likeness (QED) is 0.169. The first-order valence-corrected chi connectivity index (χ1v) is 17.9. The third kappa shape index (κ3) is 3.61. The third-order valence-electron chi connectivity index (χ3n) is 12.0. The van der Waals surface area contributed by atoms with E-state index in [1.54, 1.807) is 0 Å². The van der Waals surface area contributed by atoms with Gasteiger partial charge in [-0.25, -0.2) is 0 Å². The summed E-state index contributed by atoms with van der Waals surface area (Å²) in [5.74, 6) is 0.277. The summed E-state index contributed by atoms with van der Waals surface area (Å²) in [6.45, 7) is 4.76. The molecule has 0 heteroatoms. The van der Waals surface area contributed by atoms with Crippen LogP contribution in [0.5, 0.6) is 0 Å². The van der Waals surface area contributed by atoms with Crippen LogP contribution in [0.2, 0.25) is 0 Å². The van der Waals surface area contributed by atoms with Crippen LogP contribution in [-0.4, -0.2) is 0 Å². The molecular weight excluding hydrogens is 601 g/mol. The van der Waals surface area contributed by atoms with E-state index in [1.165, 1.54) is 93.9 Å². The van der Waals surface area contributed by atoms with Crippen LogP contribution in [0, 0.1) is 0 Å². The van der Waals surface area contributed by atoms with Gasteiger partial charge in [0.15, 0.2) is 0 Å². The minimum Gasteiger partial charge on any atom is -0.0911 e. The van der Waals surface area contributed by atoms with Gasteiger partial charge in [-0.2, -0.15) is 0 Å². The van der Waals surface area contributed by atoms with Crippen molar-refractivity contribution in [3.8, 4) is 33.4 Å². The molecule has 4 aliphatic rings. The molecule has 0 nitrogen and oxygen atoms in total. The third-order valence-corrected chi connectivity index (χ3v) is 12.0. The number of allylic oxidation sites excluding steroid dienone is 6. The van der Waals surface area contributed by atoms with Crippen molar-refractivity contribution in [1.29, 1.82) is 0 Å². The predicted octanol–water partition coefficient (Wildman–Crippen LogP) is 13.0. The van der Waals surface area contributed by atoms with E-state index in [9.17, 15) is 0 Å². The van der Waals surface area contributed by atoms with E-state index in [-0.39, 0.29) is 5.92 Å². The van der Waals surface area contributed by atoms with Crippen LogP contribution in [-0.2, 0) is 5.41 Å². The van der Waals surface area contributed by atoms with E-state index in [0.29, 0.717) is 0 Å². The first-order chi connectivity index (χ1) is 24.7. The van der Waals surface area contributed by atoms with Crippen LogP contribution in [0.25, 0.3) is 66.6 Å². The Kier molecular flexibility index (Phi) is 5.73. The van der Waals surface area contributed by atoms with Crippen molar-refractivity contribution in [2.45, 2.75) is 24.2 Å². The molecule has 1 spiro atoms. The Morgan fingerprint density at radius 1 is 0.540 bits per heavy atom. The van der Waals surface area contributed by atoms with Gasteiger partial charge < -0.3 is 0 Å². The van der Waals surface area contributed by atoms with Crippen molar-refractivity contribution in [1.82, 2.24) is 0 Å². The Morgan fingerprint density at radius 3 is 2.22 bits per heavy atom. The fourth-order valence-corrected chi connectivity index (χ4v) is 9.96. The standard InChI is InChI=1S/C50H34/c1-31-13-3-2-10-28-50(46-30-43-38-18-7-6-17-37(38)41-21-12-22-42(47(31)46)49(41)43)44-23-9-8-19-39(44)40-27-26-34(29-45(40)50)36-20-11-15-33-25-24-32-14-4-5-16-35(32)48(33)36/h2-19,21-27,29-30,36H,1,20,28H2/b10-2-,13-3-. The van der Waals surface area contributed by atoms with E-state index < -0.39 is 5.41 Å². The molecule has 0 aromatic heterocycles. The predicted molar refractivity (Wildman–Crippen MR) is 212 cm³/mol. The molecule has 11 rings (SSSR count). The molecule has 50 heavy (non-hydrogen) atoms. The van der Waals surface area contributed by atoms with Crippen LogP contribution in [0.4, 0.5) is 0 Å². The first kappa shape index (κ1) is 27.9. The van der Waals surface area contributed by atoms with E-state index >= 15 is 0 Å². The lowest BCUT2D eigenvalue weighted by Gasteiger charge is -2.36. The number of hydrogen-bond acceptors (Lipinski definition) is 0. The van der Waals surface area contributed by atoms with Gasteiger partial charge in [-0.3, -0.25) is 0 Å². The summed E-state index contributed by atoms with van der Waals surface area (Å²) in [5, 5.41) is 5.31. The highest BCUT2D eigenvalue weighted by Crippen LogP contribution is 2.60. The molecule has 0 amide bonds. The number of fused-ring (bicyclic) bond motifs is 14. The summed E-state index contributed by atoms with van der Waals surface area (Å²) >= 11 is 0. The van der Waals surface area contributed by atoms with Gasteiger partial charge in [0.2, 0.25) is 0 Å². The lowest BCUT2D eigenvalue weighted by molar-refractivity contribution is 0.642. The van der Waals surface area contributed by atoms with E-state index in [4.69, 9.17) is 6.58 Å². The molecule has 4 aliphatic carbocycles. The average molecular weight is 635 g/mol. The van der Waals surface area contributed by atoms with Gasteiger partial charge in [-0.1, -0.05) is 164 Å². The number of hydrogen-bond donors (Lipinski definition) is 0. The van der Waals surface area contributed by atoms with E-state index in [1.807, 2.05) is 0 Å². The van der Waals surface area contributed by atoms with Crippen molar-refractivity contribution in [2.75, 3.05) is 0 Å². The van der Waals surface area contributed by atoms with Crippen molar-refractivity contribution >= 4 is 33.2 Å². The van der Waals surface area contributed by atoms with Gasteiger partial charge in [-0.15, -0.1) is 0 Å². The highest BCUT2D eigenvalue weighted by molar-refractivity contribution is 6.18. The van der Waals surface area contributed by atoms with Gasteiger partial charge in [0, 0.05) is 5.92 Å². The summed E-state index contributed by atoms with van der Waals surface area (Å²) in [4.78, 5) is 0. The molecule has 0 radical (unpaired) electrons. The number of rotatable bonds is 1. The first-order valence-electron chi connectivity index (χ1n) is 17.9. The maximum Gasteiger partial charge on any atom is 0.0504 e. The second-order valence-electron chi connectivity index (χ2n) is 14.4. The Balaban J connectivity index is 1.24. The largest absolute Gasteiger partial charge is 0.0911 e. The van der Waals surface area contributed by atoms with Gasteiger partial charge >= 0.3 is 0 Å². The van der Waals surface area contributed by atoms with Crippen LogP contribution >= 0.6 is 0 Å². The van der Waals surface area contributed by atoms with E-state index in [2.05, 4.69) is 164 Å². The van der Waals surface area contributed by atoms with Crippen LogP contribution in [0.1, 0.15) is 57.7 Å². The normalized spacial score (nSPS) is 20.4. The fraction of sp³-hybridized carbons (Fsp3) is 0.0800. The maximum absolute atomic E-state index is 4.76. The van der Waals surface area contributed by atoms with Crippen molar-refractivity contribution in [3.05, 3.63) is 203 Å². The van der Waals surface area contributed by atoms with Crippen molar-refractivity contribution < 1.29 is 0 Å². The Hall–Kier alpha value is -5.98. The Bertz CT molecular complexity index is 2730. The van der Waals surface area contributed by atoms with Gasteiger partial charge in [0.25, 0.3) is 0 Å².